The van der Waals surface area contributed by atoms with Crippen molar-refractivity contribution < 1.29 is 13.2 Å². The van der Waals surface area contributed by atoms with Crippen LogP contribution in [0.1, 0.15) is 41.6 Å². The molecule has 0 spiro atoms. The normalized spacial score (nSPS) is 14.8. The van der Waals surface area contributed by atoms with E-state index in [0.29, 0.717) is 26.9 Å². The number of hydrogen-bond acceptors (Lipinski definition) is 3. The number of nitrogens with zero attached hydrogens (tertiary/aromatic N) is 2. The van der Waals surface area contributed by atoms with Gasteiger partial charge < -0.3 is 4.90 Å². The van der Waals surface area contributed by atoms with Crippen molar-refractivity contribution in [3.63, 3.8) is 0 Å². The van der Waals surface area contributed by atoms with Gasteiger partial charge in [-0.2, -0.15) is 0 Å². The third kappa shape index (κ3) is 5.05. The molecule has 0 N–H and O–H groups in total. The summed E-state index contributed by atoms with van der Waals surface area (Å²) < 4.78 is 26.1. The molecule has 1 fully saturated rings. The first-order chi connectivity index (χ1) is 13.7. The molecule has 1 saturated carbocycles. The Kier molecular flexibility index (Phi) is 6.76. The molecule has 3 rings (SSSR count). The summed E-state index contributed by atoms with van der Waals surface area (Å²) in [6, 6.07) is 11.9. The Hall–Kier alpha value is -1.76. The molecule has 1 aliphatic rings. The highest BCUT2D eigenvalue weighted by molar-refractivity contribution is 7.92. The van der Waals surface area contributed by atoms with Crippen LogP contribution in [-0.2, 0) is 16.6 Å². The maximum atomic E-state index is 12.7. The fraction of sp³-hybridized carbons (Fsp3) is 0.381. The van der Waals surface area contributed by atoms with Crippen LogP contribution in [0.25, 0.3) is 0 Å². The molecule has 0 bridgehead atoms. The van der Waals surface area contributed by atoms with Gasteiger partial charge >= 0.3 is 0 Å². The van der Waals surface area contributed by atoms with Crippen molar-refractivity contribution >= 4 is 44.8 Å². The molecule has 0 radical (unpaired) electrons. The number of carbonyl (C=O) groups excluding carboxylic acids is 1. The number of halogens is 2. The lowest BCUT2D eigenvalue weighted by Crippen LogP contribution is -2.35. The number of rotatable bonds is 6. The van der Waals surface area contributed by atoms with Crippen LogP contribution in [0.15, 0.2) is 42.5 Å². The lowest BCUT2D eigenvalue weighted by Gasteiger charge is -2.26. The van der Waals surface area contributed by atoms with Gasteiger partial charge in [-0.25, -0.2) is 8.42 Å². The zero-order valence-corrected chi connectivity index (χ0v) is 18.8. The molecular weight excluding hydrogens is 431 g/mol. The molecule has 1 amide bonds. The van der Waals surface area contributed by atoms with Gasteiger partial charge in [-0.3, -0.25) is 9.10 Å². The third-order valence-electron chi connectivity index (χ3n) is 5.36. The Bertz CT molecular complexity index is 967. The van der Waals surface area contributed by atoms with E-state index in [4.69, 9.17) is 23.2 Å². The van der Waals surface area contributed by atoms with Gasteiger partial charge in [0.05, 0.1) is 18.5 Å². The van der Waals surface area contributed by atoms with Crippen molar-refractivity contribution in [1.29, 1.82) is 0 Å². The van der Waals surface area contributed by atoms with Gasteiger partial charge in [0.25, 0.3) is 5.91 Å². The van der Waals surface area contributed by atoms with Crippen molar-refractivity contribution in [3.05, 3.63) is 63.6 Å². The van der Waals surface area contributed by atoms with E-state index in [-0.39, 0.29) is 18.5 Å². The molecule has 0 aromatic heterocycles. The zero-order chi connectivity index (χ0) is 21.2. The Morgan fingerprint density at radius 3 is 2.10 bits per heavy atom. The highest BCUT2D eigenvalue weighted by Crippen LogP contribution is 2.30. The molecule has 1 aliphatic carbocycles. The number of amides is 1. The molecule has 0 aliphatic heterocycles. The van der Waals surface area contributed by atoms with E-state index in [1.807, 2.05) is 7.05 Å². The zero-order valence-electron chi connectivity index (χ0n) is 16.4. The van der Waals surface area contributed by atoms with Crippen LogP contribution in [0, 0.1) is 0 Å². The molecule has 2 aromatic carbocycles. The first-order valence-corrected chi connectivity index (χ1v) is 12.1. The highest BCUT2D eigenvalue weighted by Gasteiger charge is 2.25. The number of sulfonamides is 1. The smallest absolute Gasteiger partial charge is 0.253 e. The summed E-state index contributed by atoms with van der Waals surface area (Å²) >= 11 is 12.4. The second-order valence-electron chi connectivity index (χ2n) is 7.37. The molecule has 2 aromatic rings. The fourth-order valence-electron chi connectivity index (χ4n) is 3.66. The standard InChI is InChI=1S/C21H24Cl2N2O3S/c1-24(16-6-3-4-7-16)21(26)15-10-12-17(13-11-15)25(29(2,27)28)14-18-19(22)8-5-9-20(18)23/h5,8-13,16H,3-4,6-7,14H2,1-2H3. The maximum absolute atomic E-state index is 12.7. The van der Waals surface area contributed by atoms with Crippen LogP contribution in [0.2, 0.25) is 10.0 Å². The quantitative estimate of drug-likeness (QED) is 0.618. The van der Waals surface area contributed by atoms with Gasteiger partial charge in [0, 0.05) is 34.3 Å². The van der Waals surface area contributed by atoms with E-state index in [9.17, 15) is 13.2 Å². The maximum Gasteiger partial charge on any atom is 0.253 e. The summed E-state index contributed by atoms with van der Waals surface area (Å²) in [5.41, 5.74) is 1.51. The lowest BCUT2D eigenvalue weighted by atomic mass is 10.1. The monoisotopic (exact) mass is 454 g/mol. The summed E-state index contributed by atoms with van der Waals surface area (Å²) in [6.07, 6.45) is 5.48. The molecular formula is C21H24Cl2N2O3S. The number of anilines is 1. The predicted molar refractivity (Wildman–Crippen MR) is 118 cm³/mol. The van der Waals surface area contributed by atoms with Crippen LogP contribution in [-0.4, -0.2) is 38.6 Å². The first kappa shape index (κ1) is 21.9. The minimum Gasteiger partial charge on any atom is -0.339 e. The summed E-state index contributed by atoms with van der Waals surface area (Å²) in [5.74, 6) is -0.0523. The number of benzene rings is 2. The minimum absolute atomic E-state index is 0.00656. The number of carbonyl (C=O) groups is 1. The molecule has 0 atom stereocenters. The van der Waals surface area contributed by atoms with Crippen LogP contribution < -0.4 is 4.31 Å². The summed E-state index contributed by atoms with van der Waals surface area (Å²) in [4.78, 5) is 14.5. The molecule has 29 heavy (non-hydrogen) atoms. The first-order valence-electron chi connectivity index (χ1n) is 9.46. The largest absolute Gasteiger partial charge is 0.339 e. The summed E-state index contributed by atoms with van der Waals surface area (Å²) in [7, 11) is -1.76. The Morgan fingerprint density at radius 1 is 1.03 bits per heavy atom. The molecule has 0 saturated heterocycles. The molecule has 0 heterocycles. The summed E-state index contributed by atoms with van der Waals surface area (Å²) in [5, 5.41) is 0.798. The topological polar surface area (TPSA) is 57.7 Å². The average Bonchev–Trinajstić information content (AvgIpc) is 3.20. The van der Waals surface area contributed by atoms with E-state index in [1.165, 1.54) is 4.31 Å². The van der Waals surface area contributed by atoms with E-state index in [0.717, 1.165) is 31.9 Å². The van der Waals surface area contributed by atoms with E-state index in [2.05, 4.69) is 0 Å². The highest BCUT2D eigenvalue weighted by atomic mass is 35.5. The van der Waals surface area contributed by atoms with Crippen LogP contribution in [0.4, 0.5) is 5.69 Å². The fourth-order valence-corrected chi connectivity index (χ4v) is 5.04. The van der Waals surface area contributed by atoms with Gasteiger partial charge in [0.15, 0.2) is 0 Å². The molecule has 8 heteroatoms. The minimum atomic E-state index is -3.59. The molecule has 0 unspecified atom stereocenters. The summed E-state index contributed by atoms with van der Waals surface area (Å²) in [6.45, 7) is 0.00656. The molecule has 5 nitrogen and oxygen atoms in total. The van der Waals surface area contributed by atoms with E-state index < -0.39 is 10.0 Å². The van der Waals surface area contributed by atoms with Crippen molar-refractivity contribution in [2.75, 3.05) is 17.6 Å². The number of hydrogen-bond donors (Lipinski definition) is 0. The van der Waals surface area contributed by atoms with Gasteiger partial charge in [-0.1, -0.05) is 42.1 Å². The van der Waals surface area contributed by atoms with E-state index >= 15 is 0 Å². The Labute approximate surface area is 182 Å². The third-order valence-corrected chi connectivity index (χ3v) is 7.21. The average molecular weight is 455 g/mol. The van der Waals surface area contributed by atoms with Crippen molar-refractivity contribution in [2.24, 2.45) is 0 Å². The second kappa shape index (κ2) is 8.94. The second-order valence-corrected chi connectivity index (χ2v) is 10.1. The van der Waals surface area contributed by atoms with Crippen molar-refractivity contribution in [3.8, 4) is 0 Å². The Balaban J connectivity index is 1.85. The van der Waals surface area contributed by atoms with Gasteiger partial charge in [0.2, 0.25) is 10.0 Å². The van der Waals surface area contributed by atoms with E-state index in [1.54, 1.807) is 47.4 Å². The van der Waals surface area contributed by atoms with Gasteiger partial charge in [-0.15, -0.1) is 0 Å². The Morgan fingerprint density at radius 2 is 1.59 bits per heavy atom. The van der Waals surface area contributed by atoms with Gasteiger partial charge in [-0.05, 0) is 49.2 Å². The van der Waals surface area contributed by atoms with Crippen LogP contribution in [0.3, 0.4) is 0 Å². The SMILES string of the molecule is CN(C(=O)c1ccc(N(Cc2c(Cl)cccc2Cl)S(C)(=O)=O)cc1)C1CCCC1. The molecule has 156 valence electrons. The predicted octanol–water partition coefficient (Wildman–Crippen LogP) is 4.97. The lowest BCUT2D eigenvalue weighted by molar-refractivity contribution is 0.0735. The van der Waals surface area contributed by atoms with Crippen LogP contribution >= 0.6 is 23.2 Å². The van der Waals surface area contributed by atoms with Crippen molar-refractivity contribution in [1.82, 2.24) is 4.90 Å². The van der Waals surface area contributed by atoms with Crippen molar-refractivity contribution in [2.45, 2.75) is 38.3 Å². The van der Waals surface area contributed by atoms with Gasteiger partial charge in [0.1, 0.15) is 0 Å². The van der Waals surface area contributed by atoms with Crippen LogP contribution in [0.5, 0.6) is 0 Å².